The van der Waals surface area contributed by atoms with Crippen LogP contribution >= 0.6 is 0 Å². The number of nitrogens with zero attached hydrogens (tertiary/aromatic N) is 4. The summed E-state index contributed by atoms with van der Waals surface area (Å²) in [5.74, 6) is 0.841. The normalized spacial score (nSPS) is 21.9. The van der Waals surface area contributed by atoms with Gasteiger partial charge in [0.25, 0.3) is 0 Å². The number of rotatable bonds is 5. The average molecular weight is 362 g/mol. The van der Waals surface area contributed by atoms with Crippen molar-refractivity contribution in [1.29, 1.82) is 0 Å². The monoisotopic (exact) mass is 362 g/mol. The molecule has 2 aliphatic rings. The lowest BCUT2D eigenvalue weighted by atomic mass is 9.94. The fraction of sp³-hybridized carbons (Fsp3) is 0.632. The van der Waals surface area contributed by atoms with Crippen molar-refractivity contribution >= 4 is 17.6 Å². The Balaban J connectivity index is 1.50. The van der Waals surface area contributed by atoms with Gasteiger partial charge in [-0.25, -0.2) is 9.37 Å². The summed E-state index contributed by atoms with van der Waals surface area (Å²) in [7, 11) is 1.70. The highest BCUT2D eigenvalue weighted by molar-refractivity contribution is 5.81. The summed E-state index contributed by atoms with van der Waals surface area (Å²) in [5, 5.41) is 0. The summed E-state index contributed by atoms with van der Waals surface area (Å²) < 4.78 is 13.0. The molecule has 6 nitrogen and oxygen atoms in total. The predicted molar refractivity (Wildman–Crippen MR) is 97.5 cm³/mol. The number of alkyl halides is 1. The van der Waals surface area contributed by atoms with E-state index >= 15 is 0 Å². The number of pyridine rings is 1. The zero-order chi connectivity index (χ0) is 18.7. The average Bonchev–Trinajstić information content (AvgIpc) is 2.60. The molecule has 2 fully saturated rings. The lowest BCUT2D eigenvalue weighted by Gasteiger charge is -2.46. The van der Waals surface area contributed by atoms with Crippen LogP contribution in [0.3, 0.4) is 0 Å². The van der Waals surface area contributed by atoms with Crippen molar-refractivity contribution in [3.05, 3.63) is 24.4 Å². The Morgan fingerprint density at radius 3 is 2.77 bits per heavy atom. The van der Waals surface area contributed by atoms with Crippen LogP contribution in [0.25, 0.3) is 0 Å². The first-order valence-electron chi connectivity index (χ1n) is 9.30. The zero-order valence-corrected chi connectivity index (χ0v) is 15.5. The third kappa shape index (κ3) is 4.14. The van der Waals surface area contributed by atoms with E-state index in [9.17, 15) is 14.0 Å². The first-order valence-corrected chi connectivity index (χ1v) is 9.30. The maximum atomic E-state index is 13.0. The molecule has 2 amide bonds. The van der Waals surface area contributed by atoms with Crippen molar-refractivity contribution in [3.8, 4) is 0 Å². The third-order valence-electron chi connectivity index (χ3n) is 5.31. The number of aromatic nitrogens is 1. The molecule has 2 saturated heterocycles. The first kappa shape index (κ1) is 18.6. The second kappa shape index (κ2) is 8.01. The Labute approximate surface area is 154 Å². The van der Waals surface area contributed by atoms with E-state index in [1.165, 1.54) is 6.92 Å². The fourth-order valence-corrected chi connectivity index (χ4v) is 3.65. The molecule has 26 heavy (non-hydrogen) atoms. The highest BCUT2D eigenvalue weighted by Crippen LogP contribution is 2.25. The standard InChI is InChI=1S/C19H27FN4O2/c1-14(20)10-18(25)22(2)16-12-24(13-16)19(26)15-6-5-9-23(11-15)17-7-3-4-8-21-17/h3-4,7-8,14-16H,5-6,9-13H2,1-2H3/t14-,15?/m0/s1. The first-order chi connectivity index (χ1) is 12.5. The molecule has 2 aliphatic heterocycles. The molecule has 0 radical (unpaired) electrons. The van der Waals surface area contributed by atoms with E-state index in [2.05, 4.69) is 9.88 Å². The number of halogens is 1. The van der Waals surface area contributed by atoms with Crippen LogP contribution in [0.15, 0.2) is 24.4 Å². The van der Waals surface area contributed by atoms with Gasteiger partial charge in [-0.3, -0.25) is 9.59 Å². The molecule has 7 heteroatoms. The van der Waals surface area contributed by atoms with Crippen molar-refractivity contribution in [1.82, 2.24) is 14.8 Å². The Bertz CT molecular complexity index is 634. The van der Waals surface area contributed by atoms with Gasteiger partial charge in [-0.15, -0.1) is 0 Å². The summed E-state index contributed by atoms with van der Waals surface area (Å²) in [5.41, 5.74) is 0. The maximum absolute atomic E-state index is 13.0. The van der Waals surface area contributed by atoms with E-state index < -0.39 is 6.17 Å². The Morgan fingerprint density at radius 2 is 2.12 bits per heavy atom. The maximum Gasteiger partial charge on any atom is 0.227 e. The lowest BCUT2D eigenvalue weighted by molar-refractivity contribution is -0.148. The largest absolute Gasteiger partial charge is 0.356 e. The predicted octanol–water partition coefficient (Wildman–Crippen LogP) is 1.72. The van der Waals surface area contributed by atoms with Gasteiger partial charge in [0.1, 0.15) is 12.0 Å². The number of hydrogen-bond donors (Lipinski definition) is 0. The molecule has 2 atom stereocenters. The van der Waals surface area contributed by atoms with Crippen molar-refractivity contribution in [2.24, 2.45) is 5.92 Å². The number of carbonyl (C=O) groups excluding carboxylic acids is 2. The van der Waals surface area contributed by atoms with Crippen LogP contribution in [0.1, 0.15) is 26.2 Å². The molecule has 1 unspecified atom stereocenters. The summed E-state index contributed by atoms with van der Waals surface area (Å²) in [6, 6.07) is 5.82. The van der Waals surface area contributed by atoms with Crippen LogP contribution in [0.2, 0.25) is 0 Å². The number of piperidine rings is 1. The van der Waals surface area contributed by atoms with Gasteiger partial charge in [0.15, 0.2) is 0 Å². The van der Waals surface area contributed by atoms with E-state index in [-0.39, 0.29) is 30.2 Å². The van der Waals surface area contributed by atoms with E-state index in [0.29, 0.717) is 19.6 Å². The van der Waals surface area contributed by atoms with Crippen molar-refractivity contribution < 1.29 is 14.0 Å². The number of anilines is 1. The zero-order valence-electron chi connectivity index (χ0n) is 15.5. The fourth-order valence-electron chi connectivity index (χ4n) is 3.65. The number of amides is 2. The van der Waals surface area contributed by atoms with Gasteiger partial charge in [0, 0.05) is 39.4 Å². The highest BCUT2D eigenvalue weighted by atomic mass is 19.1. The Morgan fingerprint density at radius 1 is 1.35 bits per heavy atom. The Kier molecular flexibility index (Phi) is 5.74. The number of likely N-dealkylation sites (tertiary alicyclic amines) is 1. The Hall–Kier alpha value is -2.18. The molecule has 1 aromatic heterocycles. The van der Waals surface area contributed by atoms with Crippen molar-refractivity contribution in [2.45, 2.75) is 38.4 Å². The van der Waals surface area contributed by atoms with Crippen LogP contribution in [0.5, 0.6) is 0 Å². The third-order valence-corrected chi connectivity index (χ3v) is 5.31. The molecular formula is C19H27FN4O2. The molecule has 0 aliphatic carbocycles. The number of carbonyl (C=O) groups is 2. The molecule has 3 rings (SSSR count). The molecule has 0 aromatic carbocycles. The van der Waals surface area contributed by atoms with Gasteiger partial charge in [-0.2, -0.15) is 0 Å². The van der Waals surface area contributed by atoms with Crippen LogP contribution < -0.4 is 4.90 Å². The van der Waals surface area contributed by atoms with Crippen LogP contribution in [0.4, 0.5) is 10.2 Å². The summed E-state index contributed by atoms with van der Waals surface area (Å²) in [6.07, 6.45) is 2.39. The molecule has 0 N–H and O–H groups in total. The van der Waals surface area contributed by atoms with Crippen LogP contribution in [0, 0.1) is 5.92 Å². The van der Waals surface area contributed by atoms with Gasteiger partial charge >= 0.3 is 0 Å². The van der Waals surface area contributed by atoms with Gasteiger partial charge in [0.2, 0.25) is 11.8 Å². The second-order valence-electron chi connectivity index (χ2n) is 7.36. The number of hydrogen-bond acceptors (Lipinski definition) is 4. The van der Waals surface area contributed by atoms with E-state index in [1.54, 1.807) is 18.1 Å². The molecule has 0 saturated carbocycles. The summed E-state index contributed by atoms with van der Waals surface area (Å²) in [4.78, 5) is 34.7. The second-order valence-corrected chi connectivity index (χ2v) is 7.36. The number of likely N-dealkylation sites (N-methyl/N-ethyl adjacent to an activating group) is 1. The lowest BCUT2D eigenvalue weighted by Crippen LogP contribution is -2.63. The highest BCUT2D eigenvalue weighted by Gasteiger charge is 2.39. The molecule has 142 valence electrons. The topological polar surface area (TPSA) is 56.8 Å². The summed E-state index contributed by atoms with van der Waals surface area (Å²) in [6.45, 7) is 4.08. The molecular weight excluding hydrogens is 335 g/mol. The minimum absolute atomic E-state index is 0.000633. The van der Waals surface area contributed by atoms with E-state index in [1.807, 2.05) is 23.1 Å². The minimum atomic E-state index is -1.14. The van der Waals surface area contributed by atoms with Crippen LogP contribution in [-0.4, -0.2) is 72.0 Å². The van der Waals surface area contributed by atoms with Gasteiger partial charge in [0.05, 0.1) is 18.4 Å². The minimum Gasteiger partial charge on any atom is -0.356 e. The van der Waals surface area contributed by atoms with E-state index in [4.69, 9.17) is 0 Å². The van der Waals surface area contributed by atoms with Gasteiger partial charge < -0.3 is 14.7 Å². The molecule has 1 aromatic rings. The van der Waals surface area contributed by atoms with Crippen LogP contribution in [-0.2, 0) is 9.59 Å². The molecule has 3 heterocycles. The molecule has 0 bridgehead atoms. The van der Waals surface area contributed by atoms with Gasteiger partial charge in [-0.1, -0.05) is 6.07 Å². The SMILES string of the molecule is C[C@H](F)CC(=O)N(C)C1CN(C(=O)C2CCCN(c3ccccn3)C2)C1. The summed E-state index contributed by atoms with van der Waals surface area (Å²) >= 11 is 0. The quantitative estimate of drug-likeness (QED) is 0.800. The van der Waals surface area contributed by atoms with Crippen molar-refractivity contribution in [3.63, 3.8) is 0 Å². The van der Waals surface area contributed by atoms with E-state index in [0.717, 1.165) is 25.2 Å². The van der Waals surface area contributed by atoms with Gasteiger partial charge in [-0.05, 0) is 31.9 Å². The van der Waals surface area contributed by atoms with Crippen molar-refractivity contribution in [2.75, 3.05) is 38.1 Å². The smallest absolute Gasteiger partial charge is 0.227 e. The molecule has 0 spiro atoms.